The number of nitrogens with zero attached hydrogens (tertiary/aromatic N) is 2. The smallest absolute Gasteiger partial charge is 0.122 e. The molecule has 0 fully saturated rings. The minimum absolute atomic E-state index is 0.204. The summed E-state index contributed by atoms with van der Waals surface area (Å²) in [6, 6.07) is 16.5. The van der Waals surface area contributed by atoms with E-state index in [4.69, 9.17) is 9.72 Å². The van der Waals surface area contributed by atoms with E-state index in [1.54, 1.807) is 0 Å². The summed E-state index contributed by atoms with van der Waals surface area (Å²) in [7, 11) is 0. The fourth-order valence-corrected chi connectivity index (χ4v) is 2.95. The Morgan fingerprint density at radius 1 is 1.00 bits per heavy atom. The summed E-state index contributed by atoms with van der Waals surface area (Å²) in [6.07, 6.45) is 0.950. The van der Waals surface area contributed by atoms with Crippen LogP contribution < -0.4 is 4.74 Å². The number of ether oxygens (including phenoxy) is 1. The Kier molecular flexibility index (Phi) is 4.61. The second-order valence-corrected chi connectivity index (χ2v) is 7.52. The number of imidazole rings is 1. The van der Waals surface area contributed by atoms with E-state index in [0.717, 1.165) is 30.1 Å². The molecule has 0 bridgehead atoms. The number of aromatic nitrogens is 2. The van der Waals surface area contributed by atoms with Gasteiger partial charge in [-0.25, -0.2) is 4.98 Å². The summed E-state index contributed by atoms with van der Waals surface area (Å²) in [4.78, 5) is 4.85. The zero-order valence-corrected chi connectivity index (χ0v) is 15.0. The van der Waals surface area contributed by atoms with E-state index in [-0.39, 0.29) is 5.41 Å². The van der Waals surface area contributed by atoms with E-state index in [9.17, 15) is 0 Å². The van der Waals surface area contributed by atoms with E-state index < -0.39 is 0 Å². The summed E-state index contributed by atoms with van der Waals surface area (Å²) in [5.41, 5.74) is 3.62. The third kappa shape index (κ3) is 3.78. The predicted molar refractivity (Wildman–Crippen MR) is 99.6 cm³/mol. The summed E-state index contributed by atoms with van der Waals surface area (Å²) in [5, 5.41) is 0. The molecule has 0 aliphatic carbocycles. The van der Waals surface area contributed by atoms with Gasteiger partial charge in [0, 0.05) is 6.42 Å². The van der Waals surface area contributed by atoms with E-state index in [1.807, 2.05) is 24.3 Å². The molecule has 0 amide bonds. The van der Waals surface area contributed by atoms with Gasteiger partial charge in [-0.2, -0.15) is 0 Å². The van der Waals surface area contributed by atoms with Crippen LogP contribution in [0, 0.1) is 12.3 Å². The molecule has 0 atom stereocenters. The lowest BCUT2D eigenvalue weighted by Gasteiger charge is -2.19. The summed E-state index contributed by atoms with van der Waals surface area (Å²) in [5.74, 6) is 2.09. The Morgan fingerprint density at radius 2 is 1.71 bits per heavy atom. The van der Waals surface area contributed by atoms with E-state index in [0.29, 0.717) is 6.61 Å². The molecule has 1 aromatic heterocycles. The third-order valence-corrected chi connectivity index (χ3v) is 4.09. The minimum Gasteiger partial charge on any atom is -0.491 e. The molecule has 0 aliphatic rings. The van der Waals surface area contributed by atoms with Crippen LogP contribution in [0.1, 0.15) is 32.2 Å². The van der Waals surface area contributed by atoms with Gasteiger partial charge in [0.1, 0.15) is 18.2 Å². The minimum atomic E-state index is 0.204. The Bertz CT molecular complexity index is 827. The third-order valence-electron chi connectivity index (χ3n) is 4.09. The Balaban J connectivity index is 1.82. The molecule has 0 N–H and O–H groups in total. The highest BCUT2D eigenvalue weighted by atomic mass is 16.5. The van der Waals surface area contributed by atoms with Gasteiger partial charge in [-0.3, -0.25) is 0 Å². The fourth-order valence-electron chi connectivity index (χ4n) is 2.95. The van der Waals surface area contributed by atoms with Gasteiger partial charge in [0.2, 0.25) is 0 Å². The average molecular weight is 322 g/mol. The van der Waals surface area contributed by atoms with E-state index in [1.165, 1.54) is 11.1 Å². The second-order valence-electron chi connectivity index (χ2n) is 7.52. The Hall–Kier alpha value is -2.29. The molecule has 0 unspecified atom stereocenters. The summed E-state index contributed by atoms with van der Waals surface area (Å²) in [6.45, 7) is 10.3. The first-order chi connectivity index (χ1) is 11.4. The fraction of sp³-hybridized carbons (Fsp3) is 0.381. The number of benzene rings is 2. The zero-order chi connectivity index (χ0) is 17.2. The van der Waals surface area contributed by atoms with Gasteiger partial charge < -0.3 is 9.30 Å². The van der Waals surface area contributed by atoms with Crippen LogP contribution in [0.3, 0.4) is 0 Å². The molecule has 0 spiro atoms. The quantitative estimate of drug-likeness (QED) is 0.660. The lowest BCUT2D eigenvalue weighted by molar-refractivity contribution is 0.293. The first-order valence-electron chi connectivity index (χ1n) is 8.57. The highest BCUT2D eigenvalue weighted by Gasteiger charge is 2.18. The molecule has 2 aromatic carbocycles. The van der Waals surface area contributed by atoms with Crippen LogP contribution in [-0.2, 0) is 13.0 Å². The van der Waals surface area contributed by atoms with Crippen molar-refractivity contribution in [2.75, 3.05) is 6.61 Å². The maximum atomic E-state index is 6.00. The van der Waals surface area contributed by atoms with Crippen molar-refractivity contribution in [3.63, 3.8) is 0 Å². The van der Waals surface area contributed by atoms with Crippen LogP contribution in [0.15, 0.2) is 48.5 Å². The maximum absolute atomic E-state index is 6.00. The number of fused-ring (bicyclic) bond motifs is 1. The highest BCUT2D eigenvalue weighted by Crippen LogP contribution is 2.24. The van der Waals surface area contributed by atoms with Crippen molar-refractivity contribution in [1.29, 1.82) is 0 Å². The van der Waals surface area contributed by atoms with Gasteiger partial charge in [-0.1, -0.05) is 51.1 Å². The van der Waals surface area contributed by atoms with Gasteiger partial charge in [-0.05, 0) is 36.1 Å². The first kappa shape index (κ1) is 16.6. The van der Waals surface area contributed by atoms with Crippen molar-refractivity contribution in [3.05, 3.63) is 59.9 Å². The lowest BCUT2D eigenvalue weighted by atomic mass is 9.92. The average Bonchev–Trinajstić information content (AvgIpc) is 2.85. The summed E-state index contributed by atoms with van der Waals surface area (Å²) >= 11 is 0. The molecular formula is C21H26N2O. The maximum Gasteiger partial charge on any atom is 0.122 e. The lowest BCUT2D eigenvalue weighted by Crippen LogP contribution is -2.17. The van der Waals surface area contributed by atoms with Gasteiger partial charge in [-0.15, -0.1) is 0 Å². The van der Waals surface area contributed by atoms with Crippen LogP contribution in [0.2, 0.25) is 0 Å². The van der Waals surface area contributed by atoms with Crippen molar-refractivity contribution < 1.29 is 4.74 Å². The number of hydrogen-bond acceptors (Lipinski definition) is 2. The number of aryl methyl sites for hydroxylation is 1. The molecular weight excluding hydrogens is 296 g/mol. The first-order valence-corrected chi connectivity index (χ1v) is 8.57. The van der Waals surface area contributed by atoms with Gasteiger partial charge in [0.15, 0.2) is 0 Å². The van der Waals surface area contributed by atoms with Crippen molar-refractivity contribution in [2.24, 2.45) is 5.41 Å². The predicted octanol–water partition coefficient (Wildman–Crippen LogP) is 5.01. The van der Waals surface area contributed by atoms with Crippen molar-refractivity contribution in [1.82, 2.24) is 9.55 Å². The van der Waals surface area contributed by atoms with Crippen LogP contribution in [0.5, 0.6) is 5.75 Å². The van der Waals surface area contributed by atoms with Crippen LogP contribution >= 0.6 is 0 Å². The molecule has 24 heavy (non-hydrogen) atoms. The molecule has 3 heteroatoms. The number of para-hydroxylation sites is 3. The molecule has 3 rings (SSSR count). The molecule has 126 valence electrons. The molecule has 0 saturated carbocycles. The molecule has 0 radical (unpaired) electrons. The number of hydrogen-bond donors (Lipinski definition) is 0. The number of rotatable bonds is 5. The highest BCUT2D eigenvalue weighted by molar-refractivity contribution is 5.75. The van der Waals surface area contributed by atoms with Gasteiger partial charge in [0.25, 0.3) is 0 Å². The molecule has 0 saturated heterocycles. The van der Waals surface area contributed by atoms with Crippen molar-refractivity contribution >= 4 is 11.0 Å². The van der Waals surface area contributed by atoms with Gasteiger partial charge in [0.05, 0.1) is 17.6 Å². The van der Waals surface area contributed by atoms with E-state index >= 15 is 0 Å². The standard InChI is InChI=1S/C21H26N2O/c1-16-9-5-8-12-19(16)24-14-13-23-18-11-7-6-10-17(18)22-20(23)15-21(2,3)4/h5-12H,13-15H2,1-4H3. The SMILES string of the molecule is Cc1ccccc1OCCn1c(CC(C)(C)C)nc2ccccc21. The van der Waals surface area contributed by atoms with Crippen LogP contribution in [0.25, 0.3) is 11.0 Å². The van der Waals surface area contributed by atoms with E-state index in [2.05, 4.69) is 56.5 Å². The van der Waals surface area contributed by atoms with Crippen LogP contribution in [-0.4, -0.2) is 16.2 Å². The zero-order valence-electron chi connectivity index (χ0n) is 15.0. The molecule has 3 nitrogen and oxygen atoms in total. The largest absolute Gasteiger partial charge is 0.491 e. The normalized spacial score (nSPS) is 11.8. The molecule has 0 aliphatic heterocycles. The van der Waals surface area contributed by atoms with Crippen molar-refractivity contribution in [3.8, 4) is 5.75 Å². The monoisotopic (exact) mass is 322 g/mol. The molecule has 3 aromatic rings. The topological polar surface area (TPSA) is 27.1 Å². The Morgan fingerprint density at radius 3 is 2.46 bits per heavy atom. The Labute approximate surface area is 144 Å². The molecule has 1 heterocycles. The van der Waals surface area contributed by atoms with Gasteiger partial charge >= 0.3 is 0 Å². The summed E-state index contributed by atoms with van der Waals surface area (Å²) < 4.78 is 8.30. The second kappa shape index (κ2) is 6.68. The van der Waals surface area contributed by atoms with Crippen LogP contribution in [0.4, 0.5) is 0 Å². The van der Waals surface area contributed by atoms with Crippen molar-refractivity contribution in [2.45, 2.75) is 40.7 Å².